The number of nitrogen functional groups attached to an aromatic ring is 1. The van der Waals surface area contributed by atoms with E-state index in [2.05, 4.69) is 15.5 Å². The summed E-state index contributed by atoms with van der Waals surface area (Å²) in [7, 11) is 0. The Morgan fingerprint density at radius 1 is 1.47 bits per heavy atom. The number of rotatable bonds is 3. The molecule has 2 aromatic rings. The second-order valence-electron chi connectivity index (χ2n) is 4.40. The fraction of sp³-hybridized carbons (Fsp3) is 0.250. The molecule has 1 amide bonds. The Bertz CT molecular complexity index is 636. The molecule has 0 atom stereocenters. The number of nitrogens with one attached hydrogen (secondary N) is 1. The lowest BCUT2D eigenvalue weighted by molar-refractivity contribution is 0.0937. The molecule has 1 aromatic heterocycles. The molecule has 3 rings (SSSR count). The summed E-state index contributed by atoms with van der Waals surface area (Å²) in [5.41, 5.74) is 6.80. The Hall–Kier alpha value is -2.08. The van der Waals surface area contributed by atoms with Gasteiger partial charge in [-0.3, -0.25) is 4.79 Å². The van der Waals surface area contributed by atoms with Gasteiger partial charge in [-0.15, -0.1) is 0 Å². The predicted molar refractivity (Wildman–Crippen MR) is 69.6 cm³/mol. The van der Waals surface area contributed by atoms with Crippen molar-refractivity contribution in [3.63, 3.8) is 0 Å². The van der Waals surface area contributed by atoms with Gasteiger partial charge < -0.3 is 15.6 Å². The Morgan fingerprint density at radius 2 is 2.26 bits per heavy atom. The van der Waals surface area contributed by atoms with Crippen LogP contribution in [0.2, 0.25) is 5.02 Å². The van der Waals surface area contributed by atoms with Crippen LogP contribution in [0.15, 0.2) is 22.7 Å². The van der Waals surface area contributed by atoms with Crippen molar-refractivity contribution in [1.29, 1.82) is 0 Å². The largest absolute Gasteiger partial charge is 0.398 e. The monoisotopic (exact) mass is 278 g/mol. The molecule has 7 heteroatoms. The van der Waals surface area contributed by atoms with E-state index >= 15 is 0 Å². The lowest BCUT2D eigenvalue weighted by Crippen LogP contribution is -2.26. The quantitative estimate of drug-likeness (QED) is 0.836. The van der Waals surface area contributed by atoms with Crippen LogP contribution in [0.3, 0.4) is 0 Å². The molecule has 0 saturated heterocycles. The number of halogens is 1. The van der Waals surface area contributed by atoms with Gasteiger partial charge in [0.05, 0.1) is 5.56 Å². The minimum Gasteiger partial charge on any atom is -0.398 e. The van der Waals surface area contributed by atoms with Crippen LogP contribution < -0.4 is 11.1 Å². The normalized spacial score (nSPS) is 14.4. The Morgan fingerprint density at radius 3 is 2.95 bits per heavy atom. The number of benzene rings is 1. The van der Waals surface area contributed by atoms with Gasteiger partial charge in [0, 0.05) is 16.8 Å². The fourth-order valence-electron chi connectivity index (χ4n) is 1.63. The van der Waals surface area contributed by atoms with Crippen LogP contribution in [0.4, 0.5) is 5.69 Å². The maximum Gasteiger partial charge on any atom is 0.292 e. The Balaban J connectivity index is 1.85. The molecular formula is C12H11ClN4O2. The van der Waals surface area contributed by atoms with Crippen molar-refractivity contribution in [2.75, 3.05) is 5.73 Å². The van der Waals surface area contributed by atoms with Gasteiger partial charge in [-0.05, 0) is 31.0 Å². The highest BCUT2D eigenvalue weighted by atomic mass is 35.5. The van der Waals surface area contributed by atoms with Crippen LogP contribution in [-0.4, -0.2) is 22.1 Å². The van der Waals surface area contributed by atoms with Crippen LogP contribution in [0.1, 0.15) is 23.5 Å². The van der Waals surface area contributed by atoms with Gasteiger partial charge >= 0.3 is 0 Å². The third-order valence-corrected chi connectivity index (χ3v) is 3.02. The number of anilines is 1. The van der Waals surface area contributed by atoms with E-state index in [-0.39, 0.29) is 23.7 Å². The lowest BCUT2D eigenvalue weighted by Gasteiger charge is -2.00. The summed E-state index contributed by atoms with van der Waals surface area (Å²) < 4.78 is 5.05. The molecule has 0 aliphatic heterocycles. The summed E-state index contributed by atoms with van der Waals surface area (Å²) in [4.78, 5) is 15.8. The zero-order valence-corrected chi connectivity index (χ0v) is 10.6. The maximum atomic E-state index is 11.7. The second-order valence-corrected chi connectivity index (χ2v) is 4.84. The molecule has 3 N–H and O–H groups in total. The van der Waals surface area contributed by atoms with E-state index in [0.29, 0.717) is 16.3 Å². The average Bonchev–Trinajstić information content (AvgIpc) is 3.04. The molecule has 1 aromatic carbocycles. The first kappa shape index (κ1) is 12.0. The van der Waals surface area contributed by atoms with Gasteiger partial charge in [-0.2, -0.15) is 4.98 Å². The highest BCUT2D eigenvalue weighted by Gasteiger charge is 2.26. The molecule has 0 bridgehead atoms. The molecule has 1 heterocycles. The van der Waals surface area contributed by atoms with Crippen LogP contribution in [-0.2, 0) is 0 Å². The van der Waals surface area contributed by atoms with Gasteiger partial charge in [0.1, 0.15) is 0 Å². The first-order valence-electron chi connectivity index (χ1n) is 5.83. The van der Waals surface area contributed by atoms with E-state index in [9.17, 15) is 4.79 Å². The standard InChI is InChI=1S/C12H11ClN4O2/c13-6-1-4-8(9(14)5-6)12-16-10(17-19-12)11(18)15-7-2-3-7/h1,4-5,7H,2-3,14H2,(H,15,18). The van der Waals surface area contributed by atoms with E-state index in [1.807, 2.05) is 0 Å². The molecule has 1 aliphatic carbocycles. The number of nitrogens with two attached hydrogens (primary N) is 1. The Kier molecular flexibility index (Phi) is 2.87. The second kappa shape index (κ2) is 4.55. The van der Waals surface area contributed by atoms with Gasteiger partial charge in [0.15, 0.2) is 0 Å². The van der Waals surface area contributed by atoms with Gasteiger partial charge in [-0.1, -0.05) is 16.8 Å². The molecule has 19 heavy (non-hydrogen) atoms. The number of amides is 1. The topological polar surface area (TPSA) is 94.0 Å². The van der Waals surface area contributed by atoms with E-state index in [0.717, 1.165) is 12.8 Å². The minimum absolute atomic E-state index is 0.0104. The van der Waals surface area contributed by atoms with Crippen molar-refractivity contribution in [3.8, 4) is 11.5 Å². The zero-order valence-electron chi connectivity index (χ0n) is 9.89. The van der Waals surface area contributed by atoms with E-state index in [1.54, 1.807) is 18.2 Å². The van der Waals surface area contributed by atoms with Crippen LogP contribution in [0, 0.1) is 0 Å². The minimum atomic E-state index is -0.329. The number of aromatic nitrogens is 2. The molecule has 0 radical (unpaired) electrons. The van der Waals surface area contributed by atoms with Crippen molar-refractivity contribution in [2.24, 2.45) is 0 Å². The van der Waals surface area contributed by atoms with E-state index < -0.39 is 0 Å². The molecule has 0 unspecified atom stereocenters. The van der Waals surface area contributed by atoms with Gasteiger partial charge in [0.2, 0.25) is 0 Å². The number of hydrogen-bond acceptors (Lipinski definition) is 5. The number of nitrogens with zero attached hydrogens (tertiary/aromatic N) is 2. The van der Waals surface area contributed by atoms with Gasteiger partial charge in [0.25, 0.3) is 17.6 Å². The first-order valence-corrected chi connectivity index (χ1v) is 6.21. The number of carbonyl (C=O) groups excluding carboxylic acids is 1. The molecule has 98 valence electrons. The summed E-state index contributed by atoms with van der Waals surface area (Å²) in [5, 5.41) is 6.95. The summed E-state index contributed by atoms with van der Waals surface area (Å²) in [6.07, 6.45) is 2.00. The molecule has 6 nitrogen and oxygen atoms in total. The smallest absolute Gasteiger partial charge is 0.292 e. The SMILES string of the molecule is Nc1cc(Cl)ccc1-c1nc(C(=O)NC2CC2)no1. The van der Waals surface area contributed by atoms with Crippen LogP contribution in [0.5, 0.6) is 0 Å². The molecule has 1 aliphatic rings. The van der Waals surface area contributed by atoms with Gasteiger partial charge in [-0.25, -0.2) is 0 Å². The number of hydrogen-bond donors (Lipinski definition) is 2. The predicted octanol–water partition coefficient (Wildman–Crippen LogP) is 1.86. The van der Waals surface area contributed by atoms with Crippen molar-refractivity contribution in [1.82, 2.24) is 15.5 Å². The van der Waals surface area contributed by atoms with Crippen molar-refractivity contribution >= 4 is 23.2 Å². The van der Waals surface area contributed by atoms with Crippen LogP contribution in [0.25, 0.3) is 11.5 Å². The van der Waals surface area contributed by atoms with E-state index in [1.165, 1.54) is 0 Å². The third-order valence-electron chi connectivity index (χ3n) is 2.79. The van der Waals surface area contributed by atoms with Crippen molar-refractivity contribution in [2.45, 2.75) is 18.9 Å². The highest BCUT2D eigenvalue weighted by Crippen LogP contribution is 2.27. The first-order chi connectivity index (χ1) is 9.13. The molecule has 1 saturated carbocycles. The Labute approximate surface area is 113 Å². The number of carbonyl (C=O) groups is 1. The van der Waals surface area contributed by atoms with Crippen LogP contribution >= 0.6 is 11.6 Å². The fourth-order valence-corrected chi connectivity index (χ4v) is 1.81. The molecular weight excluding hydrogens is 268 g/mol. The third kappa shape index (κ3) is 2.53. The summed E-state index contributed by atoms with van der Waals surface area (Å²) in [6.45, 7) is 0. The van der Waals surface area contributed by atoms with Crippen molar-refractivity contribution in [3.05, 3.63) is 29.0 Å². The average molecular weight is 279 g/mol. The summed E-state index contributed by atoms with van der Waals surface area (Å²) in [6, 6.07) is 5.18. The molecule has 0 spiro atoms. The zero-order chi connectivity index (χ0) is 13.4. The molecule has 1 fully saturated rings. The highest BCUT2D eigenvalue weighted by molar-refractivity contribution is 6.31. The maximum absolute atomic E-state index is 11.7. The van der Waals surface area contributed by atoms with E-state index in [4.69, 9.17) is 21.9 Å². The summed E-state index contributed by atoms with van der Waals surface area (Å²) in [5.74, 6) is -0.114. The lowest BCUT2D eigenvalue weighted by atomic mass is 10.2. The summed E-state index contributed by atoms with van der Waals surface area (Å²) >= 11 is 5.81. The van der Waals surface area contributed by atoms with Crippen molar-refractivity contribution < 1.29 is 9.32 Å².